The van der Waals surface area contributed by atoms with Crippen LogP contribution in [0.4, 0.5) is 5.69 Å². The number of carbonyl (C=O) groups is 4. The summed E-state index contributed by atoms with van der Waals surface area (Å²) in [5, 5.41) is 0. The van der Waals surface area contributed by atoms with Gasteiger partial charge in [-0.25, -0.2) is 4.90 Å². The van der Waals surface area contributed by atoms with Gasteiger partial charge in [0.2, 0.25) is 5.78 Å². The number of benzene rings is 1. The van der Waals surface area contributed by atoms with Gasteiger partial charge in [-0.1, -0.05) is 0 Å². The Balaban J connectivity index is 2.56. The predicted octanol–water partition coefficient (Wildman–Crippen LogP) is 0.351. The third-order valence-corrected chi connectivity index (χ3v) is 3.18. The lowest BCUT2D eigenvalue weighted by Crippen LogP contribution is -2.32. The molecule has 1 aliphatic rings. The van der Waals surface area contributed by atoms with Crippen molar-refractivity contribution in [1.29, 1.82) is 0 Å². The number of anilines is 1. The summed E-state index contributed by atoms with van der Waals surface area (Å²) in [4.78, 5) is 48.1. The Morgan fingerprint density at radius 2 is 1.81 bits per heavy atom. The van der Waals surface area contributed by atoms with Crippen LogP contribution < -0.4 is 14.4 Å². The highest BCUT2D eigenvalue weighted by molar-refractivity contribution is 6.59. The molecule has 0 saturated carbocycles. The van der Waals surface area contributed by atoms with Crippen molar-refractivity contribution >= 4 is 29.1 Å². The van der Waals surface area contributed by atoms with Crippen LogP contribution in [0.2, 0.25) is 0 Å². The molecule has 0 bridgehead atoms. The Morgan fingerprint density at radius 1 is 1.14 bits per heavy atom. The summed E-state index contributed by atoms with van der Waals surface area (Å²) in [5.74, 6) is -4.59. The quantitative estimate of drug-likeness (QED) is 0.452. The van der Waals surface area contributed by atoms with E-state index in [4.69, 9.17) is 9.47 Å². The van der Waals surface area contributed by atoms with Gasteiger partial charge in [-0.3, -0.25) is 19.2 Å². The number of nitrogens with zero attached hydrogens (tertiary/aromatic N) is 1. The van der Waals surface area contributed by atoms with Gasteiger partial charge in [0.25, 0.3) is 5.91 Å². The molecular weight excluding hydrogens is 278 g/mol. The fraction of sp³-hybridized carbons (Fsp3) is 0.286. The third-order valence-electron chi connectivity index (χ3n) is 3.18. The Hall–Kier alpha value is -2.70. The average molecular weight is 291 g/mol. The third kappa shape index (κ3) is 2.26. The van der Waals surface area contributed by atoms with Crippen LogP contribution in [-0.2, 0) is 19.2 Å². The predicted molar refractivity (Wildman–Crippen MR) is 71.2 cm³/mol. The Bertz CT molecular complexity index is 651. The van der Waals surface area contributed by atoms with Crippen LogP contribution >= 0.6 is 0 Å². The summed E-state index contributed by atoms with van der Waals surface area (Å²) in [6, 6.07) is 4.47. The summed E-state index contributed by atoms with van der Waals surface area (Å²) < 4.78 is 10.1. The highest BCUT2D eigenvalue weighted by atomic mass is 16.5. The van der Waals surface area contributed by atoms with E-state index in [0.29, 0.717) is 10.6 Å². The molecule has 1 aromatic rings. The fourth-order valence-corrected chi connectivity index (χ4v) is 2.13. The summed E-state index contributed by atoms with van der Waals surface area (Å²) in [5.41, 5.74) is 0.0731. The van der Waals surface area contributed by atoms with E-state index in [-0.39, 0.29) is 11.4 Å². The van der Waals surface area contributed by atoms with Gasteiger partial charge in [0, 0.05) is 6.07 Å². The van der Waals surface area contributed by atoms with Crippen molar-refractivity contribution in [3.8, 4) is 11.5 Å². The average Bonchev–Trinajstić information content (AvgIpc) is 2.68. The van der Waals surface area contributed by atoms with E-state index >= 15 is 0 Å². The maximum absolute atomic E-state index is 12.2. The summed E-state index contributed by atoms with van der Waals surface area (Å²) >= 11 is 0. The Kier molecular flexibility index (Phi) is 3.75. The number of amides is 2. The number of hydrogen-bond acceptors (Lipinski definition) is 6. The molecular formula is C14H13NO6. The SMILES string of the molecule is COc1ccc(OC)c(N2C(=O)C(=O)C(C(C)=O)C2=O)c1. The van der Waals surface area contributed by atoms with Crippen molar-refractivity contribution in [2.45, 2.75) is 6.92 Å². The molecule has 1 saturated heterocycles. The molecule has 0 aromatic heterocycles. The Labute approximate surface area is 120 Å². The lowest BCUT2D eigenvalue weighted by Gasteiger charge is -2.17. The fourth-order valence-electron chi connectivity index (χ4n) is 2.13. The number of Topliss-reactive ketones (excluding diaryl/α,β-unsaturated/α-hetero) is 2. The molecule has 0 spiro atoms. The number of methoxy groups -OCH3 is 2. The molecule has 0 aliphatic carbocycles. The molecule has 7 heteroatoms. The number of ketones is 2. The van der Waals surface area contributed by atoms with E-state index < -0.39 is 29.3 Å². The van der Waals surface area contributed by atoms with Gasteiger partial charge in [0.15, 0.2) is 5.92 Å². The van der Waals surface area contributed by atoms with Crippen molar-refractivity contribution in [3.63, 3.8) is 0 Å². The zero-order valence-electron chi connectivity index (χ0n) is 11.7. The molecule has 1 fully saturated rings. The van der Waals surface area contributed by atoms with Crippen LogP contribution in [-0.4, -0.2) is 37.6 Å². The number of carbonyl (C=O) groups excluding carboxylic acids is 4. The van der Waals surface area contributed by atoms with Gasteiger partial charge in [-0.05, 0) is 19.1 Å². The minimum Gasteiger partial charge on any atom is -0.497 e. The topological polar surface area (TPSA) is 90.0 Å². The van der Waals surface area contributed by atoms with Crippen LogP contribution in [0.5, 0.6) is 11.5 Å². The molecule has 1 unspecified atom stereocenters. The van der Waals surface area contributed by atoms with Gasteiger partial charge in [-0.2, -0.15) is 0 Å². The summed E-state index contributed by atoms with van der Waals surface area (Å²) in [6.07, 6.45) is 0. The van der Waals surface area contributed by atoms with Crippen LogP contribution in [0.15, 0.2) is 18.2 Å². The first-order chi connectivity index (χ1) is 9.92. The molecule has 2 rings (SSSR count). The Morgan fingerprint density at radius 3 is 2.29 bits per heavy atom. The lowest BCUT2D eigenvalue weighted by atomic mass is 10.0. The van der Waals surface area contributed by atoms with E-state index in [2.05, 4.69) is 0 Å². The highest BCUT2D eigenvalue weighted by Crippen LogP contribution is 2.35. The van der Waals surface area contributed by atoms with E-state index in [1.54, 1.807) is 6.07 Å². The first-order valence-corrected chi connectivity index (χ1v) is 6.07. The van der Waals surface area contributed by atoms with Gasteiger partial charge in [-0.15, -0.1) is 0 Å². The highest BCUT2D eigenvalue weighted by Gasteiger charge is 2.50. The molecule has 1 aromatic carbocycles. The minimum atomic E-state index is -1.58. The zero-order chi connectivity index (χ0) is 15.7. The largest absolute Gasteiger partial charge is 0.497 e. The number of hydrogen-bond donors (Lipinski definition) is 0. The van der Waals surface area contributed by atoms with Gasteiger partial charge in [0.05, 0.1) is 19.9 Å². The zero-order valence-corrected chi connectivity index (χ0v) is 11.7. The molecule has 21 heavy (non-hydrogen) atoms. The number of ether oxygens (including phenoxy) is 2. The minimum absolute atomic E-state index is 0.0731. The second kappa shape index (κ2) is 5.35. The first-order valence-electron chi connectivity index (χ1n) is 6.07. The molecule has 0 radical (unpaired) electrons. The molecule has 1 atom stereocenters. The van der Waals surface area contributed by atoms with Crippen molar-refractivity contribution < 1.29 is 28.7 Å². The molecule has 0 N–H and O–H groups in total. The van der Waals surface area contributed by atoms with Crippen molar-refractivity contribution in [2.75, 3.05) is 19.1 Å². The first kappa shape index (κ1) is 14.7. The van der Waals surface area contributed by atoms with Crippen molar-refractivity contribution in [3.05, 3.63) is 18.2 Å². The van der Waals surface area contributed by atoms with Gasteiger partial charge < -0.3 is 9.47 Å². The monoisotopic (exact) mass is 291 g/mol. The second-order valence-electron chi connectivity index (χ2n) is 4.42. The number of imide groups is 1. The van der Waals surface area contributed by atoms with Gasteiger partial charge >= 0.3 is 5.91 Å². The summed E-state index contributed by atoms with van der Waals surface area (Å²) in [7, 11) is 2.78. The number of rotatable bonds is 4. The second-order valence-corrected chi connectivity index (χ2v) is 4.42. The van der Waals surface area contributed by atoms with Crippen molar-refractivity contribution in [1.82, 2.24) is 0 Å². The molecule has 110 valence electrons. The standard InChI is InChI=1S/C14H13NO6/c1-7(16)11-12(17)14(19)15(13(11)18)9-6-8(20-2)4-5-10(9)21-3/h4-6,11H,1-3H3. The van der Waals surface area contributed by atoms with E-state index in [1.165, 1.54) is 26.4 Å². The normalized spacial score (nSPS) is 18.1. The maximum Gasteiger partial charge on any atom is 0.302 e. The smallest absolute Gasteiger partial charge is 0.302 e. The van der Waals surface area contributed by atoms with E-state index in [9.17, 15) is 19.2 Å². The van der Waals surface area contributed by atoms with Crippen LogP contribution in [0.25, 0.3) is 0 Å². The lowest BCUT2D eigenvalue weighted by molar-refractivity contribution is -0.139. The van der Waals surface area contributed by atoms with Crippen LogP contribution in [0.1, 0.15) is 6.92 Å². The van der Waals surface area contributed by atoms with Crippen LogP contribution in [0.3, 0.4) is 0 Å². The van der Waals surface area contributed by atoms with Crippen LogP contribution in [0, 0.1) is 5.92 Å². The molecule has 1 aliphatic heterocycles. The van der Waals surface area contributed by atoms with E-state index in [1.807, 2.05) is 0 Å². The molecule has 2 amide bonds. The molecule has 1 heterocycles. The molecule has 7 nitrogen and oxygen atoms in total. The summed E-state index contributed by atoms with van der Waals surface area (Å²) in [6.45, 7) is 1.10. The van der Waals surface area contributed by atoms with Gasteiger partial charge in [0.1, 0.15) is 17.3 Å². The van der Waals surface area contributed by atoms with Crippen molar-refractivity contribution in [2.24, 2.45) is 5.92 Å². The maximum atomic E-state index is 12.2. The van der Waals surface area contributed by atoms with E-state index in [0.717, 1.165) is 6.92 Å².